The van der Waals surface area contributed by atoms with Gasteiger partial charge in [-0.3, -0.25) is 14.5 Å². The SMILES string of the molecule is O=C(Nc1cccc(CN2C(=O)C3CS(=O)(=O)CCN3C2=O)c1)C1CCCCC1. The molecule has 1 unspecified atom stereocenters. The summed E-state index contributed by atoms with van der Waals surface area (Å²) in [5.41, 5.74) is 1.34. The monoisotopic (exact) mass is 419 g/mol. The number of imide groups is 1. The van der Waals surface area contributed by atoms with E-state index in [1.807, 2.05) is 0 Å². The minimum absolute atomic E-state index is 0.0116. The zero-order valence-corrected chi connectivity index (χ0v) is 17.0. The van der Waals surface area contributed by atoms with E-state index in [9.17, 15) is 22.8 Å². The number of sulfone groups is 1. The van der Waals surface area contributed by atoms with E-state index in [1.165, 1.54) is 11.3 Å². The van der Waals surface area contributed by atoms with Gasteiger partial charge < -0.3 is 10.2 Å². The summed E-state index contributed by atoms with van der Waals surface area (Å²) < 4.78 is 23.7. The first-order chi connectivity index (χ1) is 13.8. The number of carbonyl (C=O) groups excluding carboxylic acids is 3. The number of nitrogens with zero attached hydrogens (tertiary/aromatic N) is 2. The third-order valence-electron chi connectivity index (χ3n) is 5.97. The zero-order chi connectivity index (χ0) is 20.6. The maximum absolute atomic E-state index is 12.6. The molecule has 1 aliphatic carbocycles. The number of carbonyl (C=O) groups is 3. The number of anilines is 1. The molecular weight excluding hydrogens is 394 g/mol. The van der Waals surface area contributed by atoms with E-state index in [-0.39, 0.29) is 36.4 Å². The second kappa shape index (κ2) is 7.78. The Morgan fingerprint density at radius 2 is 1.90 bits per heavy atom. The van der Waals surface area contributed by atoms with Crippen molar-refractivity contribution in [1.29, 1.82) is 0 Å². The third-order valence-corrected chi connectivity index (χ3v) is 7.60. The lowest BCUT2D eigenvalue weighted by Gasteiger charge is -2.26. The number of hydrogen-bond donors (Lipinski definition) is 1. The molecule has 3 aliphatic rings. The van der Waals surface area contributed by atoms with Gasteiger partial charge in [-0.1, -0.05) is 31.4 Å². The van der Waals surface area contributed by atoms with Gasteiger partial charge in [-0.25, -0.2) is 13.2 Å². The van der Waals surface area contributed by atoms with Crippen molar-refractivity contribution in [2.24, 2.45) is 5.92 Å². The number of nitrogens with one attached hydrogen (secondary N) is 1. The summed E-state index contributed by atoms with van der Waals surface area (Å²) in [7, 11) is -3.31. The van der Waals surface area contributed by atoms with Gasteiger partial charge in [-0.05, 0) is 30.5 Å². The van der Waals surface area contributed by atoms with Gasteiger partial charge in [-0.2, -0.15) is 0 Å². The highest BCUT2D eigenvalue weighted by molar-refractivity contribution is 7.91. The highest BCUT2D eigenvalue weighted by Gasteiger charge is 2.49. The van der Waals surface area contributed by atoms with Crippen molar-refractivity contribution in [3.63, 3.8) is 0 Å². The molecule has 1 aromatic rings. The highest BCUT2D eigenvalue weighted by Crippen LogP contribution is 2.27. The summed E-state index contributed by atoms with van der Waals surface area (Å²) in [6.45, 7) is 0.101. The van der Waals surface area contributed by atoms with Gasteiger partial charge in [0.1, 0.15) is 6.04 Å². The van der Waals surface area contributed by atoms with Crippen LogP contribution in [0.5, 0.6) is 0 Å². The Balaban J connectivity index is 1.44. The van der Waals surface area contributed by atoms with Crippen LogP contribution in [0, 0.1) is 5.92 Å². The minimum Gasteiger partial charge on any atom is -0.326 e. The summed E-state index contributed by atoms with van der Waals surface area (Å²) in [6, 6.07) is 5.73. The van der Waals surface area contributed by atoms with Gasteiger partial charge in [0.2, 0.25) is 5.91 Å². The Morgan fingerprint density at radius 3 is 2.66 bits per heavy atom. The molecule has 0 aromatic heterocycles. The molecule has 156 valence electrons. The normalized spacial score (nSPS) is 24.5. The number of amides is 4. The molecule has 2 heterocycles. The van der Waals surface area contributed by atoms with Crippen molar-refractivity contribution < 1.29 is 22.8 Å². The molecule has 1 N–H and O–H groups in total. The van der Waals surface area contributed by atoms with Crippen molar-refractivity contribution in [1.82, 2.24) is 9.80 Å². The maximum Gasteiger partial charge on any atom is 0.327 e. The largest absolute Gasteiger partial charge is 0.327 e. The first-order valence-corrected chi connectivity index (χ1v) is 11.9. The van der Waals surface area contributed by atoms with E-state index in [1.54, 1.807) is 24.3 Å². The van der Waals surface area contributed by atoms with E-state index >= 15 is 0 Å². The molecule has 3 fully saturated rings. The zero-order valence-electron chi connectivity index (χ0n) is 16.2. The van der Waals surface area contributed by atoms with Crippen LogP contribution in [-0.4, -0.2) is 60.2 Å². The van der Waals surface area contributed by atoms with Crippen molar-refractivity contribution in [3.05, 3.63) is 29.8 Å². The molecule has 1 aromatic carbocycles. The summed E-state index contributed by atoms with van der Waals surface area (Å²) in [5, 5.41) is 2.94. The van der Waals surface area contributed by atoms with E-state index in [0.29, 0.717) is 11.3 Å². The highest BCUT2D eigenvalue weighted by atomic mass is 32.2. The summed E-state index contributed by atoms with van der Waals surface area (Å²) in [6.07, 6.45) is 5.14. The molecule has 4 amide bonds. The van der Waals surface area contributed by atoms with Crippen LogP contribution in [0.3, 0.4) is 0 Å². The van der Waals surface area contributed by atoms with Gasteiger partial charge in [0.05, 0.1) is 18.1 Å². The Bertz CT molecular complexity index is 939. The lowest BCUT2D eigenvalue weighted by atomic mass is 9.88. The van der Waals surface area contributed by atoms with Gasteiger partial charge in [-0.15, -0.1) is 0 Å². The average molecular weight is 420 g/mol. The van der Waals surface area contributed by atoms with Gasteiger partial charge in [0.25, 0.3) is 5.91 Å². The topological polar surface area (TPSA) is 104 Å². The van der Waals surface area contributed by atoms with E-state index in [0.717, 1.165) is 30.6 Å². The molecule has 9 heteroatoms. The quantitative estimate of drug-likeness (QED) is 0.749. The van der Waals surface area contributed by atoms with E-state index in [4.69, 9.17) is 0 Å². The average Bonchev–Trinajstić information content (AvgIpc) is 2.92. The standard InChI is InChI=1S/C20H25N3O5S/c24-18(15-6-2-1-3-7-15)21-16-8-4-5-14(11-16)12-23-19(25)17-13-29(27,28)10-9-22(17)20(23)26/h4-5,8,11,15,17H,1-3,6-7,9-10,12-13H2,(H,21,24). The molecule has 4 rings (SSSR count). The molecule has 2 saturated heterocycles. The van der Waals surface area contributed by atoms with Crippen LogP contribution in [0.25, 0.3) is 0 Å². The van der Waals surface area contributed by atoms with Crippen LogP contribution in [0.1, 0.15) is 37.7 Å². The maximum atomic E-state index is 12.6. The smallest absolute Gasteiger partial charge is 0.326 e. The Kier molecular flexibility index (Phi) is 5.33. The fourth-order valence-electron chi connectivity index (χ4n) is 4.35. The van der Waals surface area contributed by atoms with Crippen molar-refractivity contribution in [2.45, 2.75) is 44.7 Å². The number of urea groups is 1. The number of fused-ring (bicyclic) bond motifs is 1. The first-order valence-electron chi connectivity index (χ1n) is 10.1. The van der Waals surface area contributed by atoms with Crippen LogP contribution in [0.4, 0.5) is 10.5 Å². The minimum atomic E-state index is -3.31. The number of hydrogen-bond acceptors (Lipinski definition) is 5. The Hall–Kier alpha value is -2.42. The number of benzene rings is 1. The van der Waals surface area contributed by atoms with E-state index < -0.39 is 27.8 Å². The van der Waals surface area contributed by atoms with E-state index in [2.05, 4.69) is 5.32 Å². The fourth-order valence-corrected chi connectivity index (χ4v) is 5.80. The molecule has 0 bridgehead atoms. The van der Waals surface area contributed by atoms with Crippen molar-refractivity contribution in [3.8, 4) is 0 Å². The van der Waals surface area contributed by atoms with Gasteiger partial charge in [0, 0.05) is 18.2 Å². The number of rotatable bonds is 4. The second-order valence-electron chi connectivity index (χ2n) is 8.06. The van der Waals surface area contributed by atoms with Crippen molar-refractivity contribution in [2.75, 3.05) is 23.4 Å². The predicted molar refractivity (Wildman–Crippen MR) is 107 cm³/mol. The van der Waals surface area contributed by atoms with Crippen molar-refractivity contribution >= 4 is 33.4 Å². The third kappa shape index (κ3) is 4.14. The summed E-state index contributed by atoms with van der Waals surface area (Å²) >= 11 is 0. The van der Waals surface area contributed by atoms with Crippen LogP contribution >= 0.6 is 0 Å². The molecule has 8 nitrogen and oxygen atoms in total. The van der Waals surface area contributed by atoms with Crippen LogP contribution in [0.15, 0.2) is 24.3 Å². The van der Waals surface area contributed by atoms with Crippen LogP contribution < -0.4 is 5.32 Å². The van der Waals surface area contributed by atoms with Crippen LogP contribution in [0.2, 0.25) is 0 Å². The Labute approximate surface area is 170 Å². The Morgan fingerprint density at radius 1 is 1.14 bits per heavy atom. The fraction of sp³-hybridized carbons (Fsp3) is 0.550. The molecule has 1 saturated carbocycles. The predicted octanol–water partition coefficient (Wildman–Crippen LogP) is 1.77. The molecule has 1 atom stereocenters. The van der Waals surface area contributed by atoms with Crippen LogP contribution in [-0.2, 0) is 26.0 Å². The second-order valence-corrected chi connectivity index (χ2v) is 10.3. The molecule has 2 aliphatic heterocycles. The summed E-state index contributed by atoms with van der Waals surface area (Å²) in [4.78, 5) is 40.2. The first kappa shape index (κ1) is 19.9. The molecule has 0 radical (unpaired) electrons. The lowest BCUT2D eigenvalue weighted by Crippen LogP contribution is -2.48. The molecule has 29 heavy (non-hydrogen) atoms. The summed E-state index contributed by atoms with van der Waals surface area (Å²) in [5.74, 6) is -0.857. The molecule has 0 spiro atoms. The lowest BCUT2D eigenvalue weighted by molar-refractivity contribution is -0.128. The molecular formula is C20H25N3O5S. The van der Waals surface area contributed by atoms with Gasteiger partial charge >= 0.3 is 6.03 Å². The van der Waals surface area contributed by atoms with Gasteiger partial charge in [0.15, 0.2) is 9.84 Å².